The highest BCUT2D eigenvalue weighted by Crippen LogP contribution is 2.29. The van der Waals surface area contributed by atoms with Crippen LogP contribution in [0.25, 0.3) is 0 Å². The van der Waals surface area contributed by atoms with Gasteiger partial charge in [-0.3, -0.25) is 4.79 Å². The molecule has 0 radical (unpaired) electrons. The van der Waals surface area contributed by atoms with E-state index in [1.807, 2.05) is 0 Å². The van der Waals surface area contributed by atoms with Crippen LogP contribution in [0.1, 0.15) is 6.42 Å². The molecule has 0 N–H and O–H groups in total. The SMILES string of the molecule is O=C(C1CCN(S(=O)(=O)c2ccccc2Br)C1)N1CCOCC1. The average Bonchev–Trinajstić information content (AvgIpc) is 3.06. The molecule has 2 aliphatic rings. The van der Waals surface area contributed by atoms with Crippen LogP contribution in [0, 0.1) is 5.92 Å². The van der Waals surface area contributed by atoms with Gasteiger partial charge in [-0.1, -0.05) is 12.1 Å². The molecule has 0 saturated carbocycles. The smallest absolute Gasteiger partial charge is 0.244 e. The molecule has 2 saturated heterocycles. The molecule has 3 rings (SSSR count). The Balaban J connectivity index is 1.72. The maximum absolute atomic E-state index is 12.8. The van der Waals surface area contributed by atoms with Crippen LogP contribution in [0.15, 0.2) is 33.6 Å². The van der Waals surface area contributed by atoms with Crippen molar-refractivity contribution in [1.82, 2.24) is 9.21 Å². The third-order valence-electron chi connectivity index (χ3n) is 4.28. The highest BCUT2D eigenvalue weighted by molar-refractivity contribution is 9.10. The highest BCUT2D eigenvalue weighted by atomic mass is 79.9. The third kappa shape index (κ3) is 3.45. The van der Waals surface area contributed by atoms with E-state index in [1.54, 1.807) is 29.2 Å². The van der Waals surface area contributed by atoms with Gasteiger partial charge in [0.05, 0.1) is 24.0 Å². The summed E-state index contributed by atoms with van der Waals surface area (Å²) in [6.45, 7) is 2.91. The van der Waals surface area contributed by atoms with Crippen LogP contribution in [-0.4, -0.2) is 62.9 Å². The maximum atomic E-state index is 12.8. The normalized spacial score (nSPS) is 23.2. The minimum absolute atomic E-state index is 0.0399. The minimum Gasteiger partial charge on any atom is -0.378 e. The van der Waals surface area contributed by atoms with Gasteiger partial charge in [-0.15, -0.1) is 0 Å². The first kappa shape index (κ1) is 16.9. The number of benzene rings is 1. The second kappa shape index (κ2) is 6.88. The lowest BCUT2D eigenvalue weighted by Crippen LogP contribution is -2.44. The predicted molar refractivity (Wildman–Crippen MR) is 88.4 cm³/mol. The van der Waals surface area contributed by atoms with Crippen LogP contribution in [-0.2, 0) is 19.6 Å². The van der Waals surface area contributed by atoms with Gasteiger partial charge in [0.25, 0.3) is 0 Å². The number of carbonyl (C=O) groups excluding carboxylic acids is 1. The van der Waals surface area contributed by atoms with Crippen LogP contribution in [0.2, 0.25) is 0 Å². The monoisotopic (exact) mass is 402 g/mol. The molecule has 2 fully saturated rings. The summed E-state index contributed by atoms with van der Waals surface area (Å²) in [6.07, 6.45) is 0.569. The van der Waals surface area contributed by atoms with E-state index >= 15 is 0 Å². The van der Waals surface area contributed by atoms with Gasteiger partial charge >= 0.3 is 0 Å². The molecule has 2 heterocycles. The Morgan fingerprint density at radius 1 is 1.17 bits per heavy atom. The van der Waals surface area contributed by atoms with Crippen molar-refractivity contribution in [2.75, 3.05) is 39.4 Å². The van der Waals surface area contributed by atoms with Gasteiger partial charge in [0.15, 0.2) is 0 Å². The van der Waals surface area contributed by atoms with E-state index in [2.05, 4.69) is 15.9 Å². The van der Waals surface area contributed by atoms with E-state index in [0.717, 1.165) is 0 Å². The first-order valence-electron chi connectivity index (χ1n) is 7.61. The molecule has 126 valence electrons. The van der Waals surface area contributed by atoms with Crippen LogP contribution < -0.4 is 0 Å². The van der Waals surface area contributed by atoms with Crippen molar-refractivity contribution in [2.45, 2.75) is 11.3 Å². The maximum Gasteiger partial charge on any atom is 0.244 e. The Morgan fingerprint density at radius 2 is 1.87 bits per heavy atom. The zero-order valence-electron chi connectivity index (χ0n) is 12.7. The van der Waals surface area contributed by atoms with Gasteiger partial charge in [-0.25, -0.2) is 8.42 Å². The molecule has 8 heteroatoms. The van der Waals surface area contributed by atoms with Crippen LogP contribution in [0.4, 0.5) is 0 Å². The average molecular weight is 403 g/mol. The fourth-order valence-electron chi connectivity index (χ4n) is 2.98. The molecule has 1 aromatic carbocycles. The summed E-state index contributed by atoms with van der Waals surface area (Å²) >= 11 is 3.29. The number of morpholine rings is 1. The van der Waals surface area contributed by atoms with Gasteiger partial charge in [-0.2, -0.15) is 4.31 Å². The van der Waals surface area contributed by atoms with Crippen molar-refractivity contribution in [3.63, 3.8) is 0 Å². The van der Waals surface area contributed by atoms with E-state index < -0.39 is 10.0 Å². The summed E-state index contributed by atoms with van der Waals surface area (Å²) in [5.74, 6) is -0.219. The van der Waals surface area contributed by atoms with Crippen molar-refractivity contribution in [1.29, 1.82) is 0 Å². The van der Waals surface area contributed by atoms with Crippen molar-refractivity contribution in [3.05, 3.63) is 28.7 Å². The molecular weight excluding hydrogens is 384 g/mol. The summed E-state index contributed by atoms with van der Waals surface area (Å²) in [4.78, 5) is 14.5. The molecule has 0 bridgehead atoms. The molecule has 1 amide bonds. The predicted octanol–water partition coefficient (Wildman–Crippen LogP) is 1.32. The topological polar surface area (TPSA) is 66.9 Å². The molecule has 1 unspecified atom stereocenters. The number of hydrogen-bond acceptors (Lipinski definition) is 4. The van der Waals surface area contributed by atoms with Gasteiger partial charge in [0, 0.05) is 30.7 Å². The summed E-state index contributed by atoms with van der Waals surface area (Å²) in [5, 5.41) is 0. The van der Waals surface area contributed by atoms with E-state index in [-0.39, 0.29) is 23.3 Å². The van der Waals surface area contributed by atoms with Gasteiger partial charge in [-0.05, 0) is 34.5 Å². The van der Waals surface area contributed by atoms with E-state index in [4.69, 9.17) is 4.74 Å². The second-order valence-corrected chi connectivity index (χ2v) is 8.48. The summed E-state index contributed by atoms with van der Waals surface area (Å²) in [6, 6.07) is 6.76. The number of sulfonamides is 1. The van der Waals surface area contributed by atoms with Crippen LogP contribution in [0.3, 0.4) is 0 Å². The minimum atomic E-state index is -3.58. The van der Waals surface area contributed by atoms with Crippen molar-refractivity contribution >= 4 is 31.9 Å². The lowest BCUT2D eigenvalue weighted by Gasteiger charge is -2.29. The Hall–Kier alpha value is -0.960. The van der Waals surface area contributed by atoms with E-state index in [0.29, 0.717) is 43.7 Å². The largest absolute Gasteiger partial charge is 0.378 e. The third-order valence-corrected chi connectivity index (χ3v) is 7.15. The highest BCUT2D eigenvalue weighted by Gasteiger charge is 2.38. The quantitative estimate of drug-likeness (QED) is 0.764. The molecule has 1 aromatic rings. The van der Waals surface area contributed by atoms with Gasteiger partial charge in [0.2, 0.25) is 15.9 Å². The molecule has 2 aliphatic heterocycles. The Bertz CT molecular complexity index is 688. The lowest BCUT2D eigenvalue weighted by molar-refractivity contribution is -0.139. The van der Waals surface area contributed by atoms with E-state index in [1.165, 1.54) is 4.31 Å². The molecule has 0 spiro atoms. The summed E-state index contributed by atoms with van der Waals surface area (Å²) < 4.78 is 32.7. The van der Waals surface area contributed by atoms with Crippen LogP contribution >= 0.6 is 15.9 Å². The second-order valence-electron chi connectivity index (χ2n) is 5.72. The number of hydrogen-bond donors (Lipinski definition) is 0. The van der Waals surface area contributed by atoms with Crippen molar-refractivity contribution < 1.29 is 17.9 Å². The molecule has 0 aromatic heterocycles. The Kier molecular flexibility index (Phi) is 5.05. The fraction of sp³-hybridized carbons (Fsp3) is 0.533. The first-order valence-corrected chi connectivity index (χ1v) is 9.84. The standard InChI is InChI=1S/C15H19BrN2O4S/c16-13-3-1-2-4-14(13)23(20,21)18-6-5-12(11-18)15(19)17-7-9-22-10-8-17/h1-4,12H,5-11H2. The zero-order valence-corrected chi connectivity index (χ0v) is 15.1. The first-order chi connectivity index (χ1) is 11.0. The Morgan fingerprint density at radius 3 is 2.57 bits per heavy atom. The fourth-order valence-corrected chi connectivity index (χ4v) is 5.45. The molecule has 0 aliphatic carbocycles. The Labute approximate surface area is 144 Å². The van der Waals surface area contributed by atoms with Crippen molar-refractivity contribution in [3.8, 4) is 0 Å². The number of carbonyl (C=O) groups is 1. The zero-order chi connectivity index (χ0) is 16.4. The number of halogens is 1. The van der Waals surface area contributed by atoms with Crippen LogP contribution in [0.5, 0.6) is 0 Å². The molecule has 23 heavy (non-hydrogen) atoms. The number of amides is 1. The van der Waals surface area contributed by atoms with Gasteiger partial charge in [0.1, 0.15) is 0 Å². The van der Waals surface area contributed by atoms with E-state index in [9.17, 15) is 13.2 Å². The molecule has 6 nitrogen and oxygen atoms in total. The van der Waals surface area contributed by atoms with Gasteiger partial charge < -0.3 is 9.64 Å². The number of ether oxygens (including phenoxy) is 1. The number of nitrogens with zero attached hydrogens (tertiary/aromatic N) is 2. The van der Waals surface area contributed by atoms with Crippen molar-refractivity contribution in [2.24, 2.45) is 5.92 Å². The summed E-state index contributed by atoms with van der Waals surface area (Å²) in [7, 11) is -3.58. The summed E-state index contributed by atoms with van der Waals surface area (Å²) in [5.41, 5.74) is 0. The lowest BCUT2D eigenvalue weighted by atomic mass is 10.1. The number of rotatable bonds is 3. The molecule has 1 atom stereocenters. The molecular formula is C15H19BrN2O4S.